The minimum absolute atomic E-state index is 0.111. The highest BCUT2D eigenvalue weighted by Gasteiger charge is 2.50. The Morgan fingerprint density at radius 3 is 2.32 bits per heavy atom. The fourth-order valence-corrected chi connectivity index (χ4v) is 5.87. The van der Waals surface area contributed by atoms with Crippen LogP contribution in [0.2, 0.25) is 0 Å². The van der Waals surface area contributed by atoms with Crippen molar-refractivity contribution >= 4 is 5.91 Å². The van der Waals surface area contributed by atoms with Gasteiger partial charge in [0.2, 0.25) is 0 Å². The lowest BCUT2D eigenvalue weighted by molar-refractivity contribution is -0.117. The second-order valence-electron chi connectivity index (χ2n) is 8.87. The number of carbonyl (C=O) groups excluding carboxylic acids is 1. The van der Waals surface area contributed by atoms with Crippen molar-refractivity contribution in [1.29, 1.82) is 5.26 Å². The van der Waals surface area contributed by atoms with E-state index >= 15 is 0 Å². The highest BCUT2D eigenvalue weighted by Crippen LogP contribution is 2.55. The second kappa shape index (κ2) is 7.87. The maximum Gasteiger partial charge on any atom is 0.263 e. The van der Waals surface area contributed by atoms with E-state index in [1.54, 1.807) is 13.3 Å². The second-order valence-corrected chi connectivity index (χ2v) is 8.87. The van der Waals surface area contributed by atoms with Gasteiger partial charge in [-0.15, -0.1) is 0 Å². The van der Waals surface area contributed by atoms with E-state index in [0.29, 0.717) is 6.54 Å². The van der Waals surface area contributed by atoms with Gasteiger partial charge in [0.05, 0.1) is 7.11 Å². The van der Waals surface area contributed by atoms with Crippen molar-refractivity contribution in [2.24, 2.45) is 17.8 Å². The van der Waals surface area contributed by atoms with Gasteiger partial charge in [-0.05, 0) is 80.4 Å². The first-order valence-corrected chi connectivity index (χ1v) is 10.4. The number of hydrogen-bond donors (Lipinski definition) is 2. The Labute approximate surface area is 167 Å². The summed E-state index contributed by atoms with van der Waals surface area (Å²) < 4.78 is 5.15. The number of nitrogens with zero attached hydrogens (tertiary/aromatic N) is 1. The summed E-state index contributed by atoms with van der Waals surface area (Å²) in [4.78, 5) is 12.4. The molecule has 1 aromatic rings. The van der Waals surface area contributed by atoms with Crippen LogP contribution < -0.4 is 15.4 Å². The Morgan fingerprint density at radius 2 is 1.79 bits per heavy atom. The van der Waals surface area contributed by atoms with Crippen molar-refractivity contribution < 1.29 is 9.53 Å². The molecule has 4 fully saturated rings. The Balaban J connectivity index is 1.30. The molecule has 4 bridgehead atoms. The lowest BCUT2D eigenvalue weighted by Gasteiger charge is -2.56. The standard InChI is InChI=1S/C23H29N3O2/c1-28-21-4-2-16(3-5-21)6-7-25-22(27)20(14-24)15-26-23-11-17-8-18(12-23)10-19(9-17)13-23/h2-5,15,17-19,26H,6-13H2,1H3,(H,25,27)/b20-15-. The Kier molecular flexibility index (Phi) is 5.30. The van der Waals surface area contributed by atoms with Crippen LogP contribution in [0, 0.1) is 29.1 Å². The van der Waals surface area contributed by atoms with E-state index in [0.717, 1.165) is 35.5 Å². The molecule has 0 atom stereocenters. The molecule has 1 aromatic carbocycles. The van der Waals surface area contributed by atoms with E-state index in [1.165, 1.54) is 38.5 Å². The lowest BCUT2D eigenvalue weighted by Crippen LogP contribution is -2.57. The quantitative estimate of drug-likeness (QED) is 0.563. The number of benzene rings is 1. The van der Waals surface area contributed by atoms with E-state index < -0.39 is 0 Å². The van der Waals surface area contributed by atoms with Crippen molar-refractivity contribution in [2.75, 3.05) is 13.7 Å². The predicted molar refractivity (Wildman–Crippen MR) is 107 cm³/mol. The van der Waals surface area contributed by atoms with Crippen molar-refractivity contribution in [1.82, 2.24) is 10.6 Å². The van der Waals surface area contributed by atoms with Crippen molar-refractivity contribution in [2.45, 2.75) is 50.5 Å². The molecule has 2 N–H and O–H groups in total. The van der Waals surface area contributed by atoms with E-state index in [-0.39, 0.29) is 17.0 Å². The molecule has 4 aliphatic carbocycles. The molecule has 0 heterocycles. The molecule has 4 aliphatic rings. The van der Waals surface area contributed by atoms with E-state index in [2.05, 4.69) is 16.7 Å². The van der Waals surface area contributed by atoms with Gasteiger partial charge in [-0.2, -0.15) is 5.26 Å². The van der Waals surface area contributed by atoms with Gasteiger partial charge in [0.25, 0.3) is 5.91 Å². The Bertz CT molecular complexity index is 756. The molecule has 0 aliphatic heterocycles. The topological polar surface area (TPSA) is 74.1 Å². The first-order valence-electron chi connectivity index (χ1n) is 10.4. The van der Waals surface area contributed by atoms with Crippen LogP contribution in [0.15, 0.2) is 36.0 Å². The molecule has 5 rings (SSSR count). The molecule has 0 radical (unpaired) electrons. The normalized spacial score (nSPS) is 30.6. The lowest BCUT2D eigenvalue weighted by atomic mass is 9.53. The molecule has 0 saturated heterocycles. The number of nitriles is 1. The van der Waals surface area contributed by atoms with Gasteiger partial charge in [-0.1, -0.05) is 12.1 Å². The minimum Gasteiger partial charge on any atom is -0.497 e. The first kappa shape index (κ1) is 18.9. The summed E-state index contributed by atoms with van der Waals surface area (Å²) in [6.45, 7) is 0.502. The fourth-order valence-electron chi connectivity index (χ4n) is 5.87. The third-order valence-electron chi connectivity index (χ3n) is 6.78. The highest BCUT2D eigenvalue weighted by molar-refractivity contribution is 5.97. The summed E-state index contributed by atoms with van der Waals surface area (Å²) >= 11 is 0. The zero-order valence-electron chi connectivity index (χ0n) is 16.5. The van der Waals surface area contributed by atoms with Gasteiger partial charge in [-0.25, -0.2) is 0 Å². The monoisotopic (exact) mass is 379 g/mol. The number of ether oxygens (including phenoxy) is 1. The van der Waals surface area contributed by atoms with E-state index in [4.69, 9.17) is 4.74 Å². The van der Waals surface area contributed by atoms with Gasteiger partial charge in [0.15, 0.2) is 0 Å². The van der Waals surface area contributed by atoms with Crippen LogP contribution in [-0.2, 0) is 11.2 Å². The summed E-state index contributed by atoms with van der Waals surface area (Å²) in [7, 11) is 1.64. The molecule has 5 nitrogen and oxygen atoms in total. The molecule has 4 saturated carbocycles. The highest BCUT2D eigenvalue weighted by atomic mass is 16.5. The summed E-state index contributed by atoms with van der Waals surface area (Å²) in [5, 5.41) is 15.8. The number of amides is 1. The molecular formula is C23H29N3O2. The average Bonchev–Trinajstić information content (AvgIpc) is 2.68. The molecular weight excluding hydrogens is 350 g/mol. The predicted octanol–water partition coefficient (Wildman–Crippen LogP) is 3.32. The van der Waals surface area contributed by atoms with Crippen LogP contribution in [-0.4, -0.2) is 25.1 Å². The van der Waals surface area contributed by atoms with Crippen molar-refractivity contribution in [3.05, 3.63) is 41.6 Å². The number of carbonyl (C=O) groups is 1. The number of rotatable bonds is 7. The summed E-state index contributed by atoms with van der Waals surface area (Å²) in [6, 6.07) is 9.86. The SMILES string of the molecule is COc1ccc(CCNC(=O)/C(C#N)=C\NC23CC4CC(CC(C4)C2)C3)cc1. The van der Waals surface area contributed by atoms with Crippen LogP contribution in [0.3, 0.4) is 0 Å². The first-order chi connectivity index (χ1) is 13.6. The fraction of sp³-hybridized carbons (Fsp3) is 0.565. The maximum absolute atomic E-state index is 12.4. The number of hydrogen-bond acceptors (Lipinski definition) is 4. The van der Waals surface area contributed by atoms with E-state index in [1.807, 2.05) is 24.3 Å². The van der Waals surface area contributed by atoms with Gasteiger partial charge >= 0.3 is 0 Å². The van der Waals surface area contributed by atoms with E-state index in [9.17, 15) is 10.1 Å². The number of methoxy groups -OCH3 is 1. The largest absolute Gasteiger partial charge is 0.497 e. The third kappa shape index (κ3) is 4.01. The van der Waals surface area contributed by atoms with Gasteiger partial charge in [-0.3, -0.25) is 4.79 Å². The molecule has 28 heavy (non-hydrogen) atoms. The molecule has 0 unspecified atom stereocenters. The van der Waals surface area contributed by atoms with Gasteiger partial charge in [0.1, 0.15) is 17.4 Å². The van der Waals surface area contributed by atoms with Crippen molar-refractivity contribution in [3.63, 3.8) is 0 Å². The summed E-state index contributed by atoms with van der Waals surface area (Å²) in [5.74, 6) is 3.01. The minimum atomic E-state index is -0.298. The average molecular weight is 380 g/mol. The third-order valence-corrected chi connectivity index (χ3v) is 6.78. The zero-order chi connectivity index (χ0) is 19.6. The number of nitrogens with one attached hydrogen (secondary N) is 2. The van der Waals surface area contributed by atoms with Crippen LogP contribution in [0.5, 0.6) is 5.75 Å². The van der Waals surface area contributed by atoms with Gasteiger partial charge < -0.3 is 15.4 Å². The van der Waals surface area contributed by atoms with Crippen LogP contribution in [0.25, 0.3) is 0 Å². The molecule has 0 aromatic heterocycles. The van der Waals surface area contributed by atoms with Crippen LogP contribution in [0.4, 0.5) is 0 Å². The van der Waals surface area contributed by atoms with Crippen molar-refractivity contribution in [3.8, 4) is 11.8 Å². The maximum atomic E-state index is 12.4. The molecule has 0 spiro atoms. The zero-order valence-corrected chi connectivity index (χ0v) is 16.5. The smallest absolute Gasteiger partial charge is 0.263 e. The molecule has 1 amide bonds. The summed E-state index contributed by atoms with van der Waals surface area (Å²) in [6.07, 6.45) is 10.1. The Morgan fingerprint density at radius 1 is 1.18 bits per heavy atom. The summed E-state index contributed by atoms with van der Waals surface area (Å²) in [5.41, 5.74) is 1.40. The molecule has 148 valence electrons. The molecule has 5 heteroatoms. The van der Waals surface area contributed by atoms with Crippen LogP contribution >= 0.6 is 0 Å². The Hall–Kier alpha value is -2.48. The van der Waals surface area contributed by atoms with Crippen LogP contribution in [0.1, 0.15) is 44.1 Å². The van der Waals surface area contributed by atoms with Gasteiger partial charge in [0, 0.05) is 18.3 Å².